The van der Waals surface area contributed by atoms with Gasteiger partial charge in [0.05, 0.1) is 34.9 Å². The maximum Gasteiger partial charge on any atom is 0.472 e. The fourth-order valence-corrected chi connectivity index (χ4v) is 2.12. The van der Waals surface area contributed by atoms with Crippen LogP contribution in [0.2, 0.25) is 0 Å². The van der Waals surface area contributed by atoms with Crippen molar-refractivity contribution in [3.8, 4) is 0 Å². The third-order valence-corrected chi connectivity index (χ3v) is 3.58. The van der Waals surface area contributed by atoms with E-state index in [1.54, 1.807) is 20.8 Å². The molecular formula is C14H30N2O8P+. The van der Waals surface area contributed by atoms with Gasteiger partial charge < -0.3 is 24.2 Å². The Balaban J connectivity index is 4.64. The minimum absolute atomic E-state index is 0.0142. The first-order valence-corrected chi connectivity index (χ1v) is 9.14. The molecule has 2 N–H and O–H groups in total. The summed E-state index contributed by atoms with van der Waals surface area (Å²) in [5.74, 6) is -0.850. The minimum Gasteiger partial charge on any atom is -0.467 e. The Morgan fingerprint density at radius 2 is 1.76 bits per heavy atom. The van der Waals surface area contributed by atoms with E-state index in [0.29, 0.717) is 11.0 Å². The first kappa shape index (κ1) is 23.8. The summed E-state index contributed by atoms with van der Waals surface area (Å²) in [5, 5.41) is 2.23. The van der Waals surface area contributed by atoms with Gasteiger partial charge in [-0.3, -0.25) is 9.05 Å². The second-order valence-electron chi connectivity index (χ2n) is 7.33. The summed E-state index contributed by atoms with van der Waals surface area (Å²) in [5.41, 5.74) is -0.772. The van der Waals surface area contributed by atoms with Crippen LogP contribution in [-0.4, -0.2) is 81.1 Å². The zero-order valence-corrected chi connectivity index (χ0v) is 16.8. The zero-order chi connectivity index (χ0) is 19.9. The Kier molecular flexibility index (Phi) is 9.04. The van der Waals surface area contributed by atoms with Gasteiger partial charge in [0, 0.05) is 0 Å². The number of methoxy groups -OCH3 is 1. The summed E-state index contributed by atoms with van der Waals surface area (Å²) in [6, 6.07) is -1.32. The smallest absolute Gasteiger partial charge is 0.467 e. The SMILES string of the molecule is COC(=O)C(COP(=O)(O)OCC[N+](C)(C)C)NC(=O)OC(C)(C)C. The van der Waals surface area contributed by atoms with Crippen molar-refractivity contribution < 1.29 is 42.1 Å². The average Bonchev–Trinajstić information content (AvgIpc) is 2.38. The Morgan fingerprint density at radius 3 is 2.20 bits per heavy atom. The summed E-state index contributed by atoms with van der Waals surface area (Å²) in [7, 11) is 2.42. The van der Waals surface area contributed by atoms with Gasteiger partial charge in [-0.05, 0) is 20.8 Å². The second-order valence-corrected chi connectivity index (χ2v) is 8.79. The molecule has 10 nitrogen and oxygen atoms in total. The number of carbonyl (C=O) groups excluding carboxylic acids is 2. The van der Waals surface area contributed by atoms with Crippen molar-refractivity contribution in [2.45, 2.75) is 32.4 Å². The molecule has 1 amide bonds. The molecule has 2 unspecified atom stereocenters. The molecule has 0 spiro atoms. The fraction of sp³-hybridized carbons (Fsp3) is 0.857. The van der Waals surface area contributed by atoms with E-state index in [4.69, 9.17) is 13.8 Å². The summed E-state index contributed by atoms with van der Waals surface area (Å²) in [6.45, 7) is 4.81. The molecule has 0 aromatic carbocycles. The zero-order valence-electron chi connectivity index (χ0n) is 15.9. The average molecular weight is 385 g/mol. The highest BCUT2D eigenvalue weighted by molar-refractivity contribution is 7.47. The molecule has 0 heterocycles. The number of nitrogens with one attached hydrogen (secondary N) is 1. The topological polar surface area (TPSA) is 120 Å². The number of ether oxygens (including phenoxy) is 2. The molecule has 0 saturated heterocycles. The van der Waals surface area contributed by atoms with E-state index in [1.807, 2.05) is 21.1 Å². The molecule has 0 saturated carbocycles. The van der Waals surface area contributed by atoms with E-state index in [-0.39, 0.29) is 6.61 Å². The normalized spacial score (nSPS) is 15.8. The van der Waals surface area contributed by atoms with Crippen molar-refractivity contribution in [1.29, 1.82) is 0 Å². The molecule has 0 aliphatic carbocycles. The van der Waals surface area contributed by atoms with E-state index < -0.39 is 38.1 Å². The van der Waals surface area contributed by atoms with E-state index in [1.165, 1.54) is 0 Å². The highest BCUT2D eigenvalue weighted by Crippen LogP contribution is 2.43. The van der Waals surface area contributed by atoms with Crippen LogP contribution >= 0.6 is 7.82 Å². The number of hydrogen-bond acceptors (Lipinski definition) is 7. The molecular weight excluding hydrogens is 355 g/mol. The predicted octanol–water partition coefficient (Wildman–Crippen LogP) is 0.892. The summed E-state index contributed by atoms with van der Waals surface area (Å²) >= 11 is 0. The van der Waals surface area contributed by atoms with Crippen LogP contribution in [0.5, 0.6) is 0 Å². The van der Waals surface area contributed by atoms with Crippen LogP contribution in [0.1, 0.15) is 20.8 Å². The van der Waals surface area contributed by atoms with Crippen molar-refractivity contribution in [3.63, 3.8) is 0 Å². The van der Waals surface area contributed by atoms with Crippen molar-refractivity contribution in [2.75, 3.05) is 48.0 Å². The van der Waals surface area contributed by atoms with Crippen molar-refractivity contribution >= 4 is 19.9 Å². The van der Waals surface area contributed by atoms with Crippen LogP contribution in [0.3, 0.4) is 0 Å². The number of phosphoric acid groups is 1. The lowest BCUT2D eigenvalue weighted by atomic mass is 10.2. The monoisotopic (exact) mass is 385 g/mol. The number of phosphoric ester groups is 1. The fourth-order valence-electron chi connectivity index (χ4n) is 1.40. The van der Waals surface area contributed by atoms with Gasteiger partial charge in [0.25, 0.3) is 0 Å². The van der Waals surface area contributed by atoms with Crippen LogP contribution in [0.4, 0.5) is 4.79 Å². The number of esters is 1. The van der Waals surface area contributed by atoms with Crippen molar-refractivity contribution in [1.82, 2.24) is 5.32 Å². The number of carbonyl (C=O) groups is 2. The minimum atomic E-state index is -4.38. The molecule has 0 aliphatic rings. The predicted molar refractivity (Wildman–Crippen MR) is 89.8 cm³/mol. The van der Waals surface area contributed by atoms with Crippen LogP contribution < -0.4 is 5.32 Å². The number of nitrogens with zero attached hydrogens (tertiary/aromatic N) is 1. The molecule has 0 bridgehead atoms. The van der Waals surface area contributed by atoms with E-state index >= 15 is 0 Å². The summed E-state index contributed by atoms with van der Waals surface area (Å²) in [4.78, 5) is 33.1. The Morgan fingerprint density at radius 1 is 1.20 bits per heavy atom. The van der Waals surface area contributed by atoms with Gasteiger partial charge in [-0.1, -0.05) is 0 Å². The highest BCUT2D eigenvalue weighted by atomic mass is 31.2. The number of hydrogen-bond donors (Lipinski definition) is 2. The molecule has 0 aromatic heterocycles. The lowest BCUT2D eigenvalue weighted by Gasteiger charge is -2.24. The lowest BCUT2D eigenvalue weighted by molar-refractivity contribution is -0.870. The Labute approximate surface area is 148 Å². The quantitative estimate of drug-likeness (QED) is 0.341. The standard InChI is InChI=1S/C14H29N2O8P/c1-14(2,3)24-13(18)15-11(12(17)21-7)10-23-25(19,20)22-9-8-16(4,5)6/h11H,8-10H2,1-7H3,(H-,15,18,19,20)/p+1. The molecule has 11 heteroatoms. The number of rotatable bonds is 9. The number of amides is 1. The molecule has 0 aromatic rings. The maximum absolute atomic E-state index is 11.8. The molecule has 2 atom stereocenters. The van der Waals surface area contributed by atoms with E-state index in [9.17, 15) is 19.0 Å². The first-order chi connectivity index (χ1) is 11.2. The van der Waals surface area contributed by atoms with Gasteiger partial charge in [0.1, 0.15) is 18.8 Å². The summed E-state index contributed by atoms with van der Waals surface area (Å²) < 4.78 is 31.5. The molecule has 25 heavy (non-hydrogen) atoms. The summed E-state index contributed by atoms with van der Waals surface area (Å²) in [6.07, 6.45) is -0.884. The number of quaternary nitrogens is 1. The molecule has 0 radical (unpaired) electrons. The van der Waals surface area contributed by atoms with Gasteiger partial charge in [-0.2, -0.15) is 0 Å². The van der Waals surface area contributed by atoms with Crippen LogP contribution in [0.25, 0.3) is 0 Å². The molecule has 0 rings (SSSR count). The third kappa shape index (κ3) is 12.8. The van der Waals surface area contributed by atoms with Crippen molar-refractivity contribution in [3.05, 3.63) is 0 Å². The van der Waals surface area contributed by atoms with Gasteiger partial charge >= 0.3 is 19.9 Å². The van der Waals surface area contributed by atoms with E-state index in [0.717, 1.165) is 7.11 Å². The van der Waals surface area contributed by atoms with E-state index in [2.05, 4.69) is 10.1 Å². The lowest BCUT2D eigenvalue weighted by Crippen LogP contribution is -2.46. The van der Waals surface area contributed by atoms with Crippen molar-refractivity contribution in [2.24, 2.45) is 0 Å². The van der Waals surface area contributed by atoms with Crippen LogP contribution in [0, 0.1) is 0 Å². The Bertz CT molecular complexity index is 498. The first-order valence-electron chi connectivity index (χ1n) is 7.65. The maximum atomic E-state index is 11.8. The third-order valence-electron chi connectivity index (χ3n) is 2.60. The largest absolute Gasteiger partial charge is 0.472 e. The number of likely N-dealkylation sites (N-methyl/N-ethyl adjacent to an activating group) is 1. The van der Waals surface area contributed by atoms with Gasteiger partial charge in [-0.25, -0.2) is 14.2 Å². The van der Waals surface area contributed by atoms with Gasteiger partial charge in [-0.15, -0.1) is 0 Å². The van der Waals surface area contributed by atoms with Crippen LogP contribution in [-0.2, 0) is 27.9 Å². The Hall–Kier alpha value is -1.19. The number of alkyl carbamates (subject to hydrolysis) is 1. The van der Waals surface area contributed by atoms with Gasteiger partial charge in [0.2, 0.25) is 0 Å². The highest BCUT2D eigenvalue weighted by Gasteiger charge is 2.30. The van der Waals surface area contributed by atoms with Crippen LogP contribution in [0.15, 0.2) is 0 Å². The van der Waals surface area contributed by atoms with Gasteiger partial charge in [0.15, 0.2) is 6.04 Å². The molecule has 148 valence electrons. The molecule has 0 aliphatic heterocycles. The molecule has 0 fully saturated rings. The second kappa shape index (κ2) is 9.49.